The fourth-order valence-electron chi connectivity index (χ4n) is 7.75. The molecule has 3 aliphatic rings. The van der Waals surface area contributed by atoms with E-state index in [0.29, 0.717) is 32.1 Å². The van der Waals surface area contributed by atoms with Crippen LogP contribution in [0.2, 0.25) is 0 Å². The Bertz CT molecular complexity index is 2140. The molecule has 2 aromatic carbocycles. The number of H-pyrrole nitrogens is 2. The Hall–Kier alpha value is -5.63. The molecule has 0 bridgehead atoms. The summed E-state index contributed by atoms with van der Waals surface area (Å²) < 4.78 is 10.0. The Morgan fingerprint density at radius 2 is 1.52 bits per heavy atom. The minimum atomic E-state index is -0.685. The number of ether oxygens (including phenoxy) is 2. The van der Waals surface area contributed by atoms with Crippen LogP contribution in [0.3, 0.4) is 0 Å². The van der Waals surface area contributed by atoms with Gasteiger partial charge >= 0.3 is 6.09 Å². The van der Waals surface area contributed by atoms with Gasteiger partial charge in [-0.1, -0.05) is 44.2 Å². The molecule has 54 heavy (non-hydrogen) atoms. The van der Waals surface area contributed by atoms with Gasteiger partial charge < -0.3 is 34.6 Å². The van der Waals surface area contributed by atoms with Crippen LogP contribution < -0.4 is 5.32 Å². The Kier molecular flexibility index (Phi) is 9.84. The van der Waals surface area contributed by atoms with Gasteiger partial charge in [-0.05, 0) is 49.3 Å². The normalized spacial score (nSPS) is 19.3. The predicted molar refractivity (Wildman–Crippen MR) is 201 cm³/mol. The van der Waals surface area contributed by atoms with Crippen LogP contribution in [0.15, 0.2) is 61.1 Å². The molecule has 0 radical (unpaired) electrons. The van der Waals surface area contributed by atoms with Crippen LogP contribution in [0.1, 0.15) is 69.7 Å². The number of fused-ring (bicyclic) bond motifs is 1. The van der Waals surface area contributed by atoms with E-state index < -0.39 is 12.1 Å². The number of carbonyl (C=O) groups is 3. The molecule has 280 valence electrons. The first-order chi connectivity index (χ1) is 26.2. The maximum atomic E-state index is 13.5. The first-order valence-electron chi connectivity index (χ1n) is 18.8. The van der Waals surface area contributed by atoms with E-state index in [1.54, 1.807) is 23.5 Å². The topological polar surface area (TPSA) is 171 Å². The number of hydrogen-bond donors (Lipinski definition) is 3. The second-order valence-corrected chi connectivity index (χ2v) is 14.8. The summed E-state index contributed by atoms with van der Waals surface area (Å²) in [5.41, 5.74) is 6.91. The third-order valence-corrected chi connectivity index (χ3v) is 10.8. The fraction of sp³-hybridized carbons (Fsp3) is 0.425. The van der Waals surface area contributed by atoms with Crippen molar-refractivity contribution < 1.29 is 23.9 Å². The van der Waals surface area contributed by atoms with Crippen molar-refractivity contribution >= 4 is 28.9 Å². The first kappa shape index (κ1) is 35.4. The van der Waals surface area contributed by atoms with Crippen molar-refractivity contribution in [2.45, 2.75) is 64.1 Å². The number of aromatic amines is 2. The summed E-state index contributed by atoms with van der Waals surface area (Å²) in [7, 11) is 1.29. The van der Waals surface area contributed by atoms with Gasteiger partial charge in [0.05, 0.1) is 79.1 Å². The highest BCUT2D eigenvalue weighted by Crippen LogP contribution is 2.35. The molecule has 3 fully saturated rings. The highest BCUT2D eigenvalue weighted by molar-refractivity contribution is 5.86. The molecular weight excluding hydrogens is 686 g/mol. The van der Waals surface area contributed by atoms with E-state index in [0.717, 1.165) is 88.7 Å². The minimum Gasteiger partial charge on any atom is -0.453 e. The van der Waals surface area contributed by atoms with Crippen molar-refractivity contribution in [3.8, 4) is 33.8 Å². The number of likely N-dealkylation sites (tertiary alicyclic amines) is 2. The van der Waals surface area contributed by atoms with E-state index in [1.165, 1.54) is 7.11 Å². The molecule has 0 unspecified atom stereocenters. The number of imidazole rings is 2. The third-order valence-electron chi connectivity index (χ3n) is 10.8. The number of nitrogens with one attached hydrogen (secondary N) is 3. The number of nitrogens with zero attached hydrogens (tertiary/aromatic N) is 6. The number of rotatable bonds is 10. The van der Waals surface area contributed by atoms with Crippen LogP contribution >= 0.6 is 0 Å². The minimum absolute atomic E-state index is 0.0377. The van der Waals surface area contributed by atoms with E-state index in [-0.39, 0.29) is 29.8 Å². The number of benzene rings is 2. The lowest BCUT2D eigenvalue weighted by molar-refractivity contribution is -0.138. The lowest BCUT2D eigenvalue weighted by Gasteiger charge is -2.30. The van der Waals surface area contributed by atoms with Crippen LogP contribution in [0.5, 0.6) is 0 Å². The van der Waals surface area contributed by atoms with Gasteiger partial charge in [0.15, 0.2) is 0 Å². The van der Waals surface area contributed by atoms with E-state index in [1.807, 2.05) is 61.2 Å². The maximum Gasteiger partial charge on any atom is 0.407 e. The molecule has 3 aliphatic heterocycles. The standard InChI is InChI=1S/C40H45N9O5/c1-23(2)36(47-40(52)53-3)39(51)49-15-5-6-33(49)37-43-20-32(46-37)26-10-8-25(9-11-26)30-18-42-31(19-41-30)27-12-13-28-29(17-27)45-38(44-28)34-7-4-14-48(34)35(50)16-24-21-54-22-24/h8-13,17-20,23-24,33-34,36H,4-7,14-16,21-22H2,1-3H3,(H,43,46)(H,44,45)(H,47,52)/t33-,34-,36-/m0/s1. The molecule has 14 nitrogen and oxygen atoms in total. The number of alkyl carbamates (subject to hydrolysis) is 1. The summed E-state index contributed by atoms with van der Waals surface area (Å²) in [6.45, 7) is 6.51. The van der Waals surface area contributed by atoms with E-state index >= 15 is 0 Å². The van der Waals surface area contributed by atoms with Crippen molar-refractivity contribution in [2.75, 3.05) is 33.4 Å². The maximum absolute atomic E-state index is 13.5. The number of hydrogen-bond acceptors (Lipinski definition) is 9. The van der Waals surface area contributed by atoms with Gasteiger partial charge in [-0.2, -0.15) is 0 Å². The molecular formula is C40H45N9O5. The lowest BCUT2D eigenvalue weighted by atomic mass is 10.0. The Balaban J connectivity index is 0.928. The SMILES string of the molecule is COC(=O)N[C@H](C(=O)N1CCC[C@H]1c1ncc(-c2ccc(-c3cnc(-c4ccc5nc([C@@H]6CCCN6C(=O)CC6COC6)[nH]c5c4)cn3)cc2)[nH]1)C(C)C. The quantitative estimate of drug-likeness (QED) is 0.160. The zero-order valence-corrected chi connectivity index (χ0v) is 30.7. The zero-order valence-electron chi connectivity index (χ0n) is 30.7. The summed E-state index contributed by atoms with van der Waals surface area (Å²) in [6.07, 6.45) is 8.77. The van der Waals surface area contributed by atoms with Gasteiger partial charge in [0.2, 0.25) is 11.8 Å². The Morgan fingerprint density at radius 3 is 2.19 bits per heavy atom. The number of aromatic nitrogens is 6. The van der Waals surface area contributed by atoms with Crippen LogP contribution in [-0.2, 0) is 19.1 Å². The molecule has 0 saturated carbocycles. The van der Waals surface area contributed by atoms with Crippen molar-refractivity contribution in [1.29, 1.82) is 0 Å². The molecule has 14 heteroatoms. The average Bonchev–Trinajstić information content (AvgIpc) is 4.00. The van der Waals surface area contributed by atoms with Gasteiger partial charge in [0.25, 0.3) is 0 Å². The number of carbonyl (C=O) groups excluding carboxylic acids is 3. The van der Waals surface area contributed by atoms with Crippen molar-refractivity contribution in [3.05, 3.63) is 72.7 Å². The van der Waals surface area contributed by atoms with Crippen molar-refractivity contribution in [3.63, 3.8) is 0 Å². The molecule has 3 atom stereocenters. The van der Waals surface area contributed by atoms with Crippen molar-refractivity contribution in [1.82, 2.24) is 45.0 Å². The Morgan fingerprint density at radius 1 is 0.852 bits per heavy atom. The summed E-state index contributed by atoms with van der Waals surface area (Å²) in [4.78, 5) is 68.2. The number of methoxy groups -OCH3 is 1. The summed E-state index contributed by atoms with van der Waals surface area (Å²) >= 11 is 0. The molecule has 3 N–H and O–H groups in total. The predicted octanol–water partition coefficient (Wildman–Crippen LogP) is 5.82. The summed E-state index contributed by atoms with van der Waals surface area (Å²) in [5, 5.41) is 2.69. The Labute approximate surface area is 313 Å². The second kappa shape index (κ2) is 15.0. The molecule has 3 saturated heterocycles. The molecule has 3 amide bonds. The first-order valence-corrected chi connectivity index (χ1v) is 18.8. The van der Waals surface area contributed by atoms with Gasteiger partial charge in [-0.15, -0.1) is 0 Å². The molecule has 3 aromatic heterocycles. The van der Waals surface area contributed by atoms with Gasteiger partial charge in [0, 0.05) is 36.6 Å². The third kappa shape index (κ3) is 7.05. The molecule has 5 aromatic rings. The molecule has 0 spiro atoms. The smallest absolute Gasteiger partial charge is 0.407 e. The van der Waals surface area contributed by atoms with E-state index in [4.69, 9.17) is 24.4 Å². The largest absolute Gasteiger partial charge is 0.453 e. The average molecular weight is 732 g/mol. The molecule has 0 aliphatic carbocycles. The van der Waals surface area contributed by atoms with Gasteiger partial charge in [0.1, 0.15) is 17.7 Å². The lowest BCUT2D eigenvalue weighted by Crippen LogP contribution is -2.51. The highest BCUT2D eigenvalue weighted by atomic mass is 16.5. The van der Waals surface area contributed by atoms with Crippen LogP contribution in [0.4, 0.5) is 4.79 Å². The van der Waals surface area contributed by atoms with Gasteiger partial charge in [-0.3, -0.25) is 19.6 Å². The van der Waals surface area contributed by atoms with Crippen LogP contribution in [0.25, 0.3) is 44.8 Å². The summed E-state index contributed by atoms with van der Waals surface area (Å²) in [6, 6.07) is 13.1. The summed E-state index contributed by atoms with van der Waals surface area (Å²) in [5.74, 6) is 1.82. The monoisotopic (exact) mass is 731 g/mol. The van der Waals surface area contributed by atoms with Crippen LogP contribution in [0, 0.1) is 11.8 Å². The van der Waals surface area contributed by atoms with Crippen molar-refractivity contribution in [2.24, 2.45) is 11.8 Å². The van der Waals surface area contributed by atoms with E-state index in [9.17, 15) is 14.4 Å². The van der Waals surface area contributed by atoms with Gasteiger partial charge in [-0.25, -0.2) is 14.8 Å². The highest BCUT2D eigenvalue weighted by Gasteiger charge is 2.38. The van der Waals surface area contributed by atoms with Crippen LogP contribution in [-0.4, -0.2) is 97.1 Å². The fourth-order valence-corrected chi connectivity index (χ4v) is 7.75. The number of amides is 3. The molecule has 8 rings (SSSR count). The molecule has 6 heterocycles. The second-order valence-electron chi connectivity index (χ2n) is 14.8. The van der Waals surface area contributed by atoms with E-state index in [2.05, 4.69) is 20.3 Å². The zero-order chi connectivity index (χ0) is 37.3.